The van der Waals surface area contributed by atoms with E-state index in [9.17, 15) is 14.7 Å². The molecule has 7 heteroatoms. The highest BCUT2D eigenvalue weighted by atomic mass is 19.1. The molecule has 3 fully saturated rings. The maximum Gasteiger partial charge on any atom is 0.341 e. The quantitative estimate of drug-likeness (QED) is 0.772. The lowest BCUT2D eigenvalue weighted by Crippen LogP contribution is -2.47. The van der Waals surface area contributed by atoms with Crippen LogP contribution in [-0.4, -0.2) is 52.8 Å². The van der Waals surface area contributed by atoms with Gasteiger partial charge in [0.05, 0.1) is 22.2 Å². The third-order valence-electron chi connectivity index (χ3n) is 6.45. The number of hydrogen-bond donors (Lipinski definition) is 1. The van der Waals surface area contributed by atoms with Gasteiger partial charge in [0.2, 0.25) is 5.43 Å². The van der Waals surface area contributed by atoms with Crippen LogP contribution in [-0.2, 0) is 0 Å². The second-order valence-electron chi connectivity index (χ2n) is 8.76. The summed E-state index contributed by atoms with van der Waals surface area (Å²) >= 11 is 0. The van der Waals surface area contributed by atoms with Crippen LogP contribution in [0.3, 0.4) is 0 Å². The molecular weight excluding hydrogens is 397 g/mol. The van der Waals surface area contributed by atoms with Gasteiger partial charge in [0.1, 0.15) is 11.4 Å². The van der Waals surface area contributed by atoms with Crippen LogP contribution >= 0.6 is 0 Å². The van der Waals surface area contributed by atoms with Gasteiger partial charge in [-0.1, -0.05) is 18.4 Å². The van der Waals surface area contributed by atoms with Crippen LogP contribution < -0.4 is 10.3 Å². The summed E-state index contributed by atoms with van der Waals surface area (Å²) in [6.07, 6.45) is 4.14. The summed E-state index contributed by atoms with van der Waals surface area (Å²) in [5.74, 6) is 4.24. The van der Waals surface area contributed by atoms with Gasteiger partial charge in [0.25, 0.3) is 0 Å². The molecule has 3 aliphatic rings. The minimum atomic E-state index is -1.30. The van der Waals surface area contributed by atoms with E-state index in [1.165, 1.54) is 12.3 Å². The summed E-state index contributed by atoms with van der Waals surface area (Å²) in [4.78, 5) is 29.1. The van der Waals surface area contributed by atoms with Gasteiger partial charge in [-0.15, -0.1) is 0 Å². The van der Waals surface area contributed by atoms with Gasteiger partial charge < -0.3 is 14.6 Å². The minimum Gasteiger partial charge on any atom is -0.477 e. The molecule has 1 saturated carbocycles. The summed E-state index contributed by atoms with van der Waals surface area (Å²) < 4.78 is 17.5. The average molecular weight is 421 g/mol. The fraction of sp³-hybridized carbons (Fsp3) is 0.417. The number of halogens is 1. The van der Waals surface area contributed by atoms with Gasteiger partial charge in [-0.2, -0.15) is 0 Å². The number of piperazine rings is 1. The van der Waals surface area contributed by atoms with Crippen molar-refractivity contribution in [2.75, 3.05) is 31.1 Å². The first-order valence-electron chi connectivity index (χ1n) is 10.7. The van der Waals surface area contributed by atoms with E-state index in [0.717, 1.165) is 38.9 Å². The molecule has 2 atom stereocenters. The van der Waals surface area contributed by atoms with Crippen LogP contribution in [0.4, 0.5) is 10.1 Å². The topological polar surface area (TPSA) is 65.8 Å². The van der Waals surface area contributed by atoms with Gasteiger partial charge in [-0.25, -0.2) is 9.18 Å². The summed E-state index contributed by atoms with van der Waals surface area (Å²) in [6.45, 7) is 9.05. The zero-order valence-corrected chi connectivity index (χ0v) is 17.4. The van der Waals surface area contributed by atoms with Crippen molar-refractivity contribution >= 4 is 22.6 Å². The number of rotatable bonds is 3. The summed E-state index contributed by atoms with van der Waals surface area (Å²) in [5, 5.41) is 9.61. The maximum absolute atomic E-state index is 15.6. The first kappa shape index (κ1) is 19.8. The number of anilines is 1. The number of carboxylic acid groups (broad SMARTS) is 1. The molecule has 2 bridgehead atoms. The molecule has 2 aromatic rings. The lowest BCUT2D eigenvalue weighted by atomic mass is 10.0. The van der Waals surface area contributed by atoms with Gasteiger partial charge >= 0.3 is 5.97 Å². The van der Waals surface area contributed by atoms with E-state index >= 15 is 4.39 Å². The first-order chi connectivity index (χ1) is 14.8. The number of carbonyl (C=O) groups is 1. The molecule has 3 heterocycles. The predicted molar refractivity (Wildman–Crippen MR) is 117 cm³/mol. The predicted octanol–water partition coefficient (Wildman–Crippen LogP) is 3.00. The van der Waals surface area contributed by atoms with Crippen molar-refractivity contribution in [1.29, 1.82) is 0 Å². The van der Waals surface area contributed by atoms with Crippen LogP contribution in [0.25, 0.3) is 10.9 Å². The van der Waals surface area contributed by atoms with Crippen molar-refractivity contribution in [3.05, 3.63) is 51.6 Å². The van der Waals surface area contributed by atoms with E-state index in [4.69, 9.17) is 0 Å². The van der Waals surface area contributed by atoms with Crippen LogP contribution in [0.5, 0.6) is 0 Å². The third kappa shape index (κ3) is 3.31. The average Bonchev–Trinajstić information content (AvgIpc) is 3.50. The van der Waals surface area contributed by atoms with E-state index in [0.29, 0.717) is 28.9 Å². The summed E-state index contributed by atoms with van der Waals surface area (Å²) in [7, 11) is 0. The highest BCUT2D eigenvalue weighted by molar-refractivity contribution is 5.97. The van der Waals surface area contributed by atoms with Crippen molar-refractivity contribution < 1.29 is 14.3 Å². The normalized spacial score (nSPS) is 22.3. The molecule has 6 nitrogen and oxygen atoms in total. The maximum atomic E-state index is 15.6. The van der Waals surface area contributed by atoms with Gasteiger partial charge in [-0.3, -0.25) is 9.69 Å². The molecule has 0 radical (unpaired) electrons. The Morgan fingerprint density at radius 3 is 2.68 bits per heavy atom. The molecule has 0 spiro atoms. The SMILES string of the molecule is C=C(C)C#Cc1c(N2CCN3CCC2C3)c(F)cc2c(=O)c(C(=O)O)cn(C3CC3)c12. The standard InChI is InChI=1S/C24H24FN3O3/c1-14(2)3-6-17-21-18(23(29)19(24(30)31)13-28(21)15-4-5-15)11-20(25)22(17)27-10-9-26-8-7-16(27)12-26/h11,13,15-16H,1,4-5,7-10,12H2,2H3,(H,30,31). The number of pyridine rings is 1. The van der Waals surface area contributed by atoms with Crippen molar-refractivity contribution in [3.63, 3.8) is 0 Å². The Morgan fingerprint density at radius 1 is 1.23 bits per heavy atom. The molecule has 1 aromatic carbocycles. The molecule has 2 unspecified atom stereocenters. The minimum absolute atomic E-state index is 0.0733. The molecule has 2 saturated heterocycles. The zero-order valence-electron chi connectivity index (χ0n) is 17.4. The second kappa shape index (κ2) is 7.24. The Kier molecular flexibility index (Phi) is 4.63. The van der Waals surface area contributed by atoms with E-state index in [1.807, 2.05) is 4.57 Å². The Morgan fingerprint density at radius 2 is 2.00 bits per heavy atom. The monoisotopic (exact) mass is 421 g/mol. The highest BCUT2D eigenvalue weighted by Crippen LogP contribution is 2.41. The smallest absolute Gasteiger partial charge is 0.341 e. The largest absolute Gasteiger partial charge is 0.477 e. The number of benzene rings is 1. The Hall–Kier alpha value is -3.11. The van der Waals surface area contributed by atoms with Crippen LogP contribution in [0.1, 0.15) is 48.1 Å². The van der Waals surface area contributed by atoms with Crippen LogP contribution in [0.15, 0.2) is 29.2 Å². The third-order valence-corrected chi connectivity index (χ3v) is 6.45. The number of nitrogens with zero attached hydrogens (tertiary/aromatic N) is 3. The fourth-order valence-corrected chi connectivity index (χ4v) is 4.84. The fourth-order valence-electron chi connectivity index (χ4n) is 4.84. The van der Waals surface area contributed by atoms with E-state index < -0.39 is 17.2 Å². The number of hydrogen-bond acceptors (Lipinski definition) is 4. The number of allylic oxidation sites excluding steroid dienone is 1. The Bertz CT molecular complexity index is 1250. The van der Waals surface area contributed by atoms with E-state index in [2.05, 4.69) is 28.2 Å². The molecule has 5 rings (SSSR count). The number of carboxylic acids is 1. The Balaban J connectivity index is 1.85. The Labute approximate surface area is 179 Å². The van der Waals surface area contributed by atoms with Crippen molar-refractivity contribution in [1.82, 2.24) is 9.47 Å². The van der Waals surface area contributed by atoms with Crippen LogP contribution in [0, 0.1) is 17.7 Å². The van der Waals surface area contributed by atoms with Gasteiger partial charge in [-0.05, 0) is 37.8 Å². The first-order valence-corrected chi connectivity index (χ1v) is 10.7. The number of aromatic carboxylic acids is 1. The van der Waals surface area contributed by atoms with Gasteiger partial charge in [0.15, 0.2) is 0 Å². The molecule has 0 amide bonds. The molecular formula is C24H24FN3O3. The molecule has 1 aromatic heterocycles. The molecule has 1 N–H and O–H groups in total. The van der Waals surface area contributed by atoms with Crippen molar-refractivity contribution in [3.8, 4) is 11.8 Å². The van der Waals surface area contributed by atoms with E-state index in [-0.39, 0.29) is 23.0 Å². The van der Waals surface area contributed by atoms with Crippen molar-refractivity contribution in [2.45, 2.75) is 38.3 Å². The highest BCUT2D eigenvalue weighted by Gasteiger charge is 2.36. The molecule has 160 valence electrons. The number of aromatic nitrogens is 1. The van der Waals surface area contributed by atoms with Crippen molar-refractivity contribution in [2.24, 2.45) is 0 Å². The van der Waals surface area contributed by atoms with Gasteiger partial charge in [0, 0.05) is 44.5 Å². The molecule has 31 heavy (non-hydrogen) atoms. The molecule has 2 aliphatic heterocycles. The lowest BCUT2D eigenvalue weighted by Gasteiger charge is -2.37. The van der Waals surface area contributed by atoms with Crippen LogP contribution in [0.2, 0.25) is 0 Å². The zero-order chi connectivity index (χ0) is 21.9. The summed E-state index contributed by atoms with van der Waals surface area (Å²) in [5.41, 5.74) is 1.03. The number of fused-ring (bicyclic) bond motifs is 3. The second-order valence-corrected chi connectivity index (χ2v) is 8.76. The summed E-state index contributed by atoms with van der Waals surface area (Å²) in [6, 6.07) is 1.50. The molecule has 1 aliphatic carbocycles. The van der Waals surface area contributed by atoms with E-state index in [1.54, 1.807) is 6.92 Å². The lowest BCUT2D eigenvalue weighted by molar-refractivity contribution is 0.0695.